The van der Waals surface area contributed by atoms with Gasteiger partial charge in [0.05, 0.1) is 12.1 Å². The van der Waals surface area contributed by atoms with Crippen LogP contribution in [-0.4, -0.2) is 47.0 Å². The summed E-state index contributed by atoms with van der Waals surface area (Å²) in [5.74, 6) is 0.916. The van der Waals surface area contributed by atoms with Crippen molar-refractivity contribution < 1.29 is 4.79 Å². The molecule has 2 heterocycles. The Hall–Kier alpha value is -4.03. The summed E-state index contributed by atoms with van der Waals surface area (Å²) in [6, 6.07) is 24.9. The molecule has 2 aliphatic rings. The number of hydrogen-bond donors (Lipinski definition) is 2. The lowest BCUT2D eigenvalue weighted by Gasteiger charge is -2.27. The molecule has 0 spiro atoms. The summed E-state index contributed by atoms with van der Waals surface area (Å²) in [4.78, 5) is 24.8. The van der Waals surface area contributed by atoms with E-state index in [-0.39, 0.29) is 11.8 Å². The molecule has 1 atom stereocenters. The van der Waals surface area contributed by atoms with E-state index in [0.717, 1.165) is 48.4 Å². The highest BCUT2D eigenvalue weighted by Crippen LogP contribution is 2.42. The van der Waals surface area contributed by atoms with Gasteiger partial charge in [-0.3, -0.25) is 4.79 Å². The third-order valence-corrected chi connectivity index (χ3v) is 8.22. The van der Waals surface area contributed by atoms with Crippen LogP contribution in [0, 0.1) is 6.92 Å². The number of amides is 1. The Kier molecular flexibility index (Phi) is 7.87. The quantitative estimate of drug-likeness (QED) is 0.251. The molecule has 0 saturated carbocycles. The number of fused-ring (bicyclic) bond motifs is 3. The van der Waals surface area contributed by atoms with E-state index in [4.69, 9.17) is 4.98 Å². The third kappa shape index (κ3) is 5.92. The normalized spacial score (nSPS) is 16.3. The van der Waals surface area contributed by atoms with Crippen LogP contribution in [0.15, 0.2) is 79.0 Å². The summed E-state index contributed by atoms with van der Waals surface area (Å²) in [5.41, 5.74) is 8.88. The SMILES string of the molecule is Cc1ccccc1CC(=O)Nc1ccc(C2Cc3cnc(NCCCN4CCCC4)nc3-c3ccccc32)cc1. The summed E-state index contributed by atoms with van der Waals surface area (Å²) in [6.07, 6.45) is 6.97. The number of likely N-dealkylation sites (tertiary alicyclic amines) is 1. The minimum atomic E-state index is -0.00315. The smallest absolute Gasteiger partial charge is 0.228 e. The predicted molar refractivity (Wildman–Crippen MR) is 162 cm³/mol. The lowest BCUT2D eigenvalue weighted by atomic mass is 9.78. The number of benzene rings is 3. The summed E-state index contributed by atoms with van der Waals surface area (Å²) >= 11 is 0. The zero-order valence-corrected chi connectivity index (χ0v) is 23.2. The fraction of sp³-hybridized carbons (Fsp3) is 0.324. The van der Waals surface area contributed by atoms with Crippen LogP contribution in [0.25, 0.3) is 11.3 Å². The van der Waals surface area contributed by atoms with Gasteiger partial charge in [-0.1, -0.05) is 60.7 Å². The van der Waals surface area contributed by atoms with E-state index in [0.29, 0.717) is 12.4 Å². The minimum Gasteiger partial charge on any atom is -0.354 e. The summed E-state index contributed by atoms with van der Waals surface area (Å²) < 4.78 is 0. The number of rotatable bonds is 9. The number of nitrogens with one attached hydrogen (secondary N) is 2. The highest BCUT2D eigenvalue weighted by atomic mass is 16.1. The van der Waals surface area contributed by atoms with Crippen molar-refractivity contribution >= 4 is 17.5 Å². The number of aryl methyl sites for hydroxylation is 1. The molecule has 6 rings (SSSR count). The van der Waals surface area contributed by atoms with Gasteiger partial charge in [-0.05, 0) is 92.2 Å². The van der Waals surface area contributed by atoms with Crippen molar-refractivity contribution in [2.24, 2.45) is 0 Å². The molecule has 1 unspecified atom stereocenters. The Morgan fingerprint density at radius 1 is 0.975 bits per heavy atom. The molecule has 6 heteroatoms. The Bertz CT molecular complexity index is 1480. The molecular weight excluding hydrogens is 494 g/mol. The molecule has 40 heavy (non-hydrogen) atoms. The van der Waals surface area contributed by atoms with Crippen molar-refractivity contribution in [3.8, 4) is 11.3 Å². The summed E-state index contributed by atoms with van der Waals surface area (Å²) in [5, 5.41) is 6.51. The van der Waals surface area contributed by atoms with Crippen LogP contribution in [0.2, 0.25) is 0 Å². The Morgan fingerprint density at radius 3 is 2.58 bits per heavy atom. The van der Waals surface area contributed by atoms with E-state index in [1.165, 1.54) is 48.2 Å². The van der Waals surface area contributed by atoms with Gasteiger partial charge in [0.1, 0.15) is 0 Å². The molecule has 1 fully saturated rings. The van der Waals surface area contributed by atoms with E-state index < -0.39 is 0 Å². The molecule has 1 amide bonds. The van der Waals surface area contributed by atoms with Crippen LogP contribution in [-0.2, 0) is 17.6 Å². The Balaban J connectivity index is 1.13. The average Bonchev–Trinajstić information content (AvgIpc) is 3.50. The van der Waals surface area contributed by atoms with Crippen LogP contribution in [0.1, 0.15) is 53.0 Å². The predicted octanol–water partition coefficient (Wildman–Crippen LogP) is 6.22. The van der Waals surface area contributed by atoms with Crippen LogP contribution in [0.4, 0.5) is 11.6 Å². The maximum atomic E-state index is 12.7. The number of hydrogen-bond acceptors (Lipinski definition) is 5. The molecule has 1 aliphatic carbocycles. The number of anilines is 2. The lowest BCUT2D eigenvalue weighted by Crippen LogP contribution is -2.22. The maximum absolute atomic E-state index is 12.7. The Labute approximate surface area is 236 Å². The lowest BCUT2D eigenvalue weighted by molar-refractivity contribution is -0.115. The number of nitrogens with zero attached hydrogens (tertiary/aromatic N) is 3. The first kappa shape index (κ1) is 26.2. The zero-order chi connectivity index (χ0) is 27.3. The molecule has 6 nitrogen and oxygen atoms in total. The zero-order valence-electron chi connectivity index (χ0n) is 23.2. The van der Waals surface area contributed by atoms with Crippen LogP contribution >= 0.6 is 0 Å². The monoisotopic (exact) mass is 531 g/mol. The first-order valence-corrected chi connectivity index (χ1v) is 14.5. The van der Waals surface area contributed by atoms with Crippen molar-refractivity contribution in [2.75, 3.05) is 36.8 Å². The van der Waals surface area contributed by atoms with E-state index in [1.54, 1.807) is 0 Å². The van der Waals surface area contributed by atoms with Gasteiger partial charge in [-0.15, -0.1) is 0 Å². The largest absolute Gasteiger partial charge is 0.354 e. The van der Waals surface area contributed by atoms with Crippen molar-refractivity contribution in [2.45, 2.75) is 44.9 Å². The Morgan fingerprint density at radius 2 is 1.75 bits per heavy atom. The molecule has 0 radical (unpaired) electrons. The second-order valence-corrected chi connectivity index (χ2v) is 11.0. The van der Waals surface area contributed by atoms with E-state index in [1.807, 2.05) is 49.5 Å². The number of aromatic nitrogens is 2. The highest BCUT2D eigenvalue weighted by Gasteiger charge is 2.27. The van der Waals surface area contributed by atoms with Gasteiger partial charge >= 0.3 is 0 Å². The highest BCUT2D eigenvalue weighted by molar-refractivity contribution is 5.92. The van der Waals surface area contributed by atoms with Gasteiger partial charge < -0.3 is 15.5 Å². The second-order valence-electron chi connectivity index (χ2n) is 11.0. The van der Waals surface area contributed by atoms with Crippen LogP contribution < -0.4 is 10.6 Å². The standard InChI is InChI=1S/C34H37N5O/c1-24-9-2-3-10-26(24)22-32(40)37-28-15-13-25(14-16-28)31-21-27-23-36-34(35-17-8-20-39-18-6-7-19-39)38-33(27)30-12-5-4-11-29(30)31/h2-5,9-16,23,31H,6-8,17-22H2,1H3,(H,37,40)(H,35,36,38). The van der Waals surface area contributed by atoms with Crippen LogP contribution in [0.3, 0.4) is 0 Å². The average molecular weight is 532 g/mol. The molecule has 3 aromatic carbocycles. The summed E-state index contributed by atoms with van der Waals surface area (Å²) in [6.45, 7) is 6.53. The first-order valence-electron chi connectivity index (χ1n) is 14.5. The van der Waals surface area contributed by atoms with E-state index in [9.17, 15) is 4.79 Å². The molecule has 204 valence electrons. The molecule has 1 saturated heterocycles. The molecule has 1 aliphatic heterocycles. The van der Waals surface area contributed by atoms with Crippen LogP contribution in [0.5, 0.6) is 0 Å². The van der Waals surface area contributed by atoms with E-state index in [2.05, 4.69) is 56.9 Å². The van der Waals surface area contributed by atoms with Crippen molar-refractivity contribution in [3.63, 3.8) is 0 Å². The minimum absolute atomic E-state index is 0.00315. The van der Waals surface area contributed by atoms with Crippen molar-refractivity contribution in [1.29, 1.82) is 0 Å². The fourth-order valence-electron chi connectivity index (χ4n) is 6.01. The molecular formula is C34H37N5O. The third-order valence-electron chi connectivity index (χ3n) is 8.22. The van der Waals surface area contributed by atoms with Gasteiger partial charge in [0.25, 0.3) is 0 Å². The number of carbonyl (C=O) groups is 1. The summed E-state index contributed by atoms with van der Waals surface area (Å²) in [7, 11) is 0. The maximum Gasteiger partial charge on any atom is 0.228 e. The van der Waals surface area contributed by atoms with Gasteiger partial charge in [-0.25, -0.2) is 9.97 Å². The van der Waals surface area contributed by atoms with Gasteiger partial charge in [0.15, 0.2) is 0 Å². The van der Waals surface area contributed by atoms with Gasteiger partial charge in [-0.2, -0.15) is 0 Å². The first-order chi connectivity index (χ1) is 19.6. The van der Waals surface area contributed by atoms with Crippen molar-refractivity contribution in [3.05, 3.63) is 107 Å². The molecule has 4 aromatic rings. The molecule has 2 N–H and O–H groups in total. The van der Waals surface area contributed by atoms with Gasteiger partial charge in [0.2, 0.25) is 11.9 Å². The molecule has 1 aromatic heterocycles. The second kappa shape index (κ2) is 12.0. The number of carbonyl (C=O) groups excluding carboxylic acids is 1. The topological polar surface area (TPSA) is 70.2 Å². The van der Waals surface area contributed by atoms with Crippen molar-refractivity contribution in [1.82, 2.24) is 14.9 Å². The fourth-order valence-corrected chi connectivity index (χ4v) is 6.01. The molecule has 0 bridgehead atoms. The van der Waals surface area contributed by atoms with E-state index >= 15 is 0 Å². The van der Waals surface area contributed by atoms with Gasteiger partial charge in [0, 0.05) is 29.9 Å².